The molecule has 5 heteroatoms. The number of carbonyl (C=O) groups excluding carboxylic acids is 1. The van der Waals surface area contributed by atoms with Crippen LogP contribution in [0, 0.1) is 0 Å². The largest absolute Gasteiger partial charge is 0.494 e. The van der Waals surface area contributed by atoms with Gasteiger partial charge in [0, 0.05) is 25.3 Å². The third-order valence-corrected chi connectivity index (χ3v) is 4.86. The van der Waals surface area contributed by atoms with E-state index in [1.165, 1.54) is 37.9 Å². The molecule has 0 aliphatic carbocycles. The Bertz CT molecular complexity index is 556. The fourth-order valence-corrected chi connectivity index (χ4v) is 3.59. The first-order valence-corrected chi connectivity index (χ1v) is 10.3. The smallest absolute Gasteiger partial charge is 0.321 e. The summed E-state index contributed by atoms with van der Waals surface area (Å²) < 4.78 is 5.92. The van der Waals surface area contributed by atoms with Gasteiger partial charge in [-0.2, -0.15) is 0 Å². The third-order valence-electron chi connectivity index (χ3n) is 4.86. The first-order valence-electron chi connectivity index (χ1n) is 10.3. The van der Waals surface area contributed by atoms with Crippen molar-refractivity contribution < 1.29 is 9.53 Å². The third kappa shape index (κ3) is 5.63. The Morgan fingerprint density at radius 2 is 1.92 bits per heavy atom. The molecule has 1 aromatic carbocycles. The van der Waals surface area contributed by atoms with Crippen molar-refractivity contribution in [3.05, 3.63) is 23.8 Å². The van der Waals surface area contributed by atoms with Crippen LogP contribution in [-0.4, -0.2) is 50.3 Å². The zero-order valence-corrected chi connectivity index (χ0v) is 16.7. The number of nitrogens with one attached hydrogen (secondary N) is 1. The van der Waals surface area contributed by atoms with E-state index in [1.807, 2.05) is 37.8 Å². The number of hydrogen-bond acceptors (Lipinski definition) is 3. The average Bonchev–Trinajstić information content (AvgIpc) is 3.11. The topological polar surface area (TPSA) is 44.8 Å². The number of piperidine rings is 1. The fourth-order valence-electron chi connectivity index (χ4n) is 3.59. The highest BCUT2D eigenvalue weighted by Gasteiger charge is 2.24. The van der Waals surface area contributed by atoms with E-state index in [0.717, 1.165) is 44.0 Å². The molecule has 5 nitrogen and oxygen atoms in total. The van der Waals surface area contributed by atoms with Crippen molar-refractivity contribution >= 4 is 11.7 Å². The molecular weight excluding hydrogens is 326 g/mol. The summed E-state index contributed by atoms with van der Waals surface area (Å²) in [6, 6.07) is 6.08. The average molecular weight is 362 g/mol. The van der Waals surface area contributed by atoms with Gasteiger partial charge in [0.1, 0.15) is 5.75 Å². The maximum absolute atomic E-state index is 12.0. The minimum absolute atomic E-state index is 0.00792. The van der Waals surface area contributed by atoms with E-state index in [-0.39, 0.29) is 6.03 Å². The van der Waals surface area contributed by atoms with Crippen molar-refractivity contribution in [2.45, 2.75) is 52.9 Å². The van der Waals surface area contributed by atoms with Gasteiger partial charge < -0.3 is 15.0 Å². The lowest BCUT2D eigenvalue weighted by molar-refractivity contribution is 0.205. The Hall–Kier alpha value is -1.75. The molecule has 146 valence electrons. The number of rotatable bonds is 6. The van der Waals surface area contributed by atoms with Gasteiger partial charge in [-0.05, 0) is 69.5 Å². The summed E-state index contributed by atoms with van der Waals surface area (Å²) in [6.45, 7) is 11.7. The monoisotopic (exact) mass is 361 g/mol. The number of benzene rings is 1. The van der Waals surface area contributed by atoms with Crippen LogP contribution >= 0.6 is 0 Å². The summed E-state index contributed by atoms with van der Waals surface area (Å²) in [5.41, 5.74) is 2.22. The zero-order valence-electron chi connectivity index (χ0n) is 16.7. The molecule has 0 atom stereocenters. The van der Waals surface area contributed by atoms with Crippen molar-refractivity contribution in [2.24, 2.45) is 0 Å². The van der Waals surface area contributed by atoms with Gasteiger partial charge >= 0.3 is 6.03 Å². The standard InChI is InChI=1S/C19H29N3O2.C2H6/c1-2-20-19(23)22-13-9-16-15-17(7-8-18(16)22)24-14-6-12-21-10-4-3-5-11-21;1-2/h7-8,15H,2-6,9-14H2,1H3,(H,20,23);1-2H3. The molecule has 2 heterocycles. The van der Waals surface area contributed by atoms with Gasteiger partial charge in [-0.1, -0.05) is 20.3 Å². The van der Waals surface area contributed by atoms with E-state index in [2.05, 4.69) is 16.3 Å². The molecule has 0 radical (unpaired) electrons. The predicted octanol–water partition coefficient (Wildman–Crippen LogP) is 4.06. The van der Waals surface area contributed by atoms with Crippen LogP contribution in [-0.2, 0) is 6.42 Å². The molecule has 2 aliphatic heterocycles. The van der Waals surface area contributed by atoms with Gasteiger partial charge in [-0.25, -0.2) is 4.79 Å². The number of urea groups is 1. The molecule has 2 aliphatic rings. The Balaban J connectivity index is 0.00000117. The minimum Gasteiger partial charge on any atom is -0.494 e. The molecular formula is C21H35N3O2. The van der Waals surface area contributed by atoms with Crippen LogP contribution in [0.3, 0.4) is 0 Å². The number of amides is 2. The first kappa shape index (κ1) is 20.6. The van der Waals surface area contributed by atoms with E-state index < -0.39 is 0 Å². The maximum Gasteiger partial charge on any atom is 0.321 e. The first-order chi connectivity index (χ1) is 12.8. The highest BCUT2D eigenvalue weighted by molar-refractivity contribution is 5.94. The minimum atomic E-state index is -0.00792. The van der Waals surface area contributed by atoms with E-state index in [1.54, 1.807) is 0 Å². The van der Waals surface area contributed by atoms with Crippen LogP contribution in [0.25, 0.3) is 0 Å². The second-order valence-electron chi connectivity index (χ2n) is 6.63. The maximum atomic E-state index is 12.0. The Kier molecular flexibility index (Phi) is 8.75. The lowest BCUT2D eigenvalue weighted by Crippen LogP contribution is -2.38. The molecule has 2 amide bonds. The van der Waals surface area contributed by atoms with E-state index in [4.69, 9.17) is 4.74 Å². The van der Waals surface area contributed by atoms with Crippen LogP contribution in [0.5, 0.6) is 5.75 Å². The molecule has 1 N–H and O–H groups in total. The number of carbonyl (C=O) groups is 1. The van der Waals surface area contributed by atoms with Crippen molar-refractivity contribution in [1.82, 2.24) is 10.2 Å². The summed E-state index contributed by atoms with van der Waals surface area (Å²) in [4.78, 5) is 16.4. The van der Waals surface area contributed by atoms with Gasteiger partial charge in [-0.15, -0.1) is 0 Å². The second kappa shape index (κ2) is 11.1. The number of hydrogen-bond donors (Lipinski definition) is 1. The van der Waals surface area contributed by atoms with Gasteiger partial charge in [-0.3, -0.25) is 4.90 Å². The number of anilines is 1. The quantitative estimate of drug-likeness (QED) is 0.777. The van der Waals surface area contributed by atoms with E-state index >= 15 is 0 Å². The van der Waals surface area contributed by atoms with Crippen LogP contribution in [0.2, 0.25) is 0 Å². The normalized spacial score (nSPS) is 16.5. The van der Waals surface area contributed by atoms with Gasteiger partial charge in [0.25, 0.3) is 0 Å². The number of nitrogens with zero attached hydrogens (tertiary/aromatic N) is 2. The highest BCUT2D eigenvalue weighted by Crippen LogP contribution is 2.31. The molecule has 1 saturated heterocycles. The lowest BCUT2D eigenvalue weighted by Gasteiger charge is -2.26. The summed E-state index contributed by atoms with van der Waals surface area (Å²) in [5, 5.41) is 2.87. The SMILES string of the molecule is CC.CCNC(=O)N1CCc2cc(OCCCN3CCCCC3)ccc21. The highest BCUT2D eigenvalue weighted by atomic mass is 16.5. The van der Waals surface area contributed by atoms with Crippen molar-refractivity contribution in [3.8, 4) is 5.75 Å². The number of ether oxygens (including phenoxy) is 1. The van der Waals surface area contributed by atoms with Crippen molar-refractivity contribution in [2.75, 3.05) is 44.2 Å². The van der Waals surface area contributed by atoms with Crippen LogP contribution in [0.4, 0.5) is 10.5 Å². The van der Waals surface area contributed by atoms with E-state index in [0.29, 0.717) is 6.54 Å². The molecule has 0 bridgehead atoms. The molecule has 0 saturated carbocycles. The van der Waals surface area contributed by atoms with E-state index in [9.17, 15) is 4.79 Å². The van der Waals surface area contributed by atoms with Gasteiger partial charge in [0.15, 0.2) is 0 Å². The zero-order chi connectivity index (χ0) is 18.8. The number of likely N-dealkylation sites (tertiary alicyclic amines) is 1. The molecule has 26 heavy (non-hydrogen) atoms. The van der Waals surface area contributed by atoms with Crippen LogP contribution < -0.4 is 15.0 Å². The molecule has 1 aromatic rings. The predicted molar refractivity (Wildman–Crippen MR) is 108 cm³/mol. The Labute approximate surface area is 158 Å². The Morgan fingerprint density at radius 1 is 1.15 bits per heavy atom. The summed E-state index contributed by atoms with van der Waals surface area (Å²) in [7, 11) is 0. The molecule has 1 fully saturated rings. The molecule has 0 spiro atoms. The summed E-state index contributed by atoms with van der Waals surface area (Å²) >= 11 is 0. The number of fused-ring (bicyclic) bond motifs is 1. The lowest BCUT2D eigenvalue weighted by atomic mass is 10.1. The second-order valence-corrected chi connectivity index (χ2v) is 6.63. The summed E-state index contributed by atoms with van der Waals surface area (Å²) in [6.07, 6.45) is 6.04. The van der Waals surface area contributed by atoms with Crippen LogP contribution in [0.1, 0.15) is 52.0 Å². The van der Waals surface area contributed by atoms with Crippen molar-refractivity contribution in [3.63, 3.8) is 0 Å². The van der Waals surface area contributed by atoms with Crippen molar-refractivity contribution in [1.29, 1.82) is 0 Å². The summed E-state index contributed by atoms with van der Waals surface area (Å²) in [5.74, 6) is 0.921. The fraction of sp³-hybridized carbons (Fsp3) is 0.667. The van der Waals surface area contributed by atoms with Gasteiger partial charge in [0.2, 0.25) is 0 Å². The van der Waals surface area contributed by atoms with Gasteiger partial charge in [0.05, 0.1) is 6.61 Å². The molecule has 0 unspecified atom stereocenters. The molecule has 3 rings (SSSR count). The molecule has 0 aromatic heterocycles. The van der Waals surface area contributed by atoms with Crippen LogP contribution in [0.15, 0.2) is 18.2 Å². The Morgan fingerprint density at radius 3 is 2.65 bits per heavy atom.